The van der Waals surface area contributed by atoms with Gasteiger partial charge in [-0.05, 0) is 23.6 Å². The van der Waals surface area contributed by atoms with Gasteiger partial charge in [-0.3, -0.25) is 0 Å². The van der Waals surface area contributed by atoms with E-state index in [-0.39, 0.29) is 0 Å². The number of methoxy groups -OCH3 is 1. The lowest BCUT2D eigenvalue weighted by atomic mass is 10.0. The van der Waals surface area contributed by atoms with Gasteiger partial charge in [0.15, 0.2) is 5.69 Å². The van der Waals surface area contributed by atoms with Gasteiger partial charge in [0.25, 0.3) is 0 Å². The number of ether oxygens (including phenoxy) is 1. The van der Waals surface area contributed by atoms with Crippen molar-refractivity contribution in [1.29, 1.82) is 0 Å². The molecular formula is C16H18N2O2. The van der Waals surface area contributed by atoms with Gasteiger partial charge in [0.2, 0.25) is 0 Å². The van der Waals surface area contributed by atoms with Crippen LogP contribution in [0.1, 0.15) is 23.0 Å². The number of carbonyl (C=O) groups is 1. The minimum absolute atomic E-state index is 0.297. The molecule has 1 aromatic heterocycles. The first kappa shape index (κ1) is 14.1. The van der Waals surface area contributed by atoms with Crippen LogP contribution in [-0.2, 0) is 11.2 Å². The molecule has 2 aromatic rings. The maximum atomic E-state index is 11.6. The Labute approximate surface area is 118 Å². The average Bonchev–Trinajstić information content (AvgIpc) is 2.53. The third kappa shape index (κ3) is 2.79. The van der Waals surface area contributed by atoms with Crippen molar-refractivity contribution in [2.75, 3.05) is 19.5 Å². The van der Waals surface area contributed by atoms with Gasteiger partial charge in [0, 0.05) is 18.8 Å². The van der Waals surface area contributed by atoms with Crippen LogP contribution in [0, 0.1) is 0 Å². The van der Waals surface area contributed by atoms with Crippen molar-refractivity contribution in [2.24, 2.45) is 0 Å². The summed E-state index contributed by atoms with van der Waals surface area (Å²) in [4.78, 5) is 15.8. The van der Waals surface area contributed by atoms with Gasteiger partial charge >= 0.3 is 5.97 Å². The summed E-state index contributed by atoms with van der Waals surface area (Å²) in [5.41, 5.74) is 4.29. The number of aryl methyl sites for hydroxylation is 1. The van der Waals surface area contributed by atoms with Crippen LogP contribution in [0.2, 0.25) is 0 Å². The van der Waals surface area contributed by atoms with Crippen LogP contribution >= 0.6 is 0 Å². The molecule has 0 spiro atoms. The fourth-order valence-electron chi connectivity index (χ4n) is 2.04. The molecule has 0 aliphatic rings. The van der Waals surface area contributed by atoms with Crippen LogP contribution in [0.4, 0.5) is 5.69 Å². The Balaban J connectivity index is 2.45. The number of hydrogen-bond acceptors (Lipinski definition) is 4. The van der Waals surface area contributed by atoms with Crippen molar-refractivity contribution < 1.29 is 9.53 Å². The molecule has 1 N–H and O–H groups in total. The molecule has 0 bridgehead atoms. The van der Waals surface area contributed by atoms with Gasteiger partial charge in [0.05, 0.1) is 12.8 Å². The summed E-state index contributed by atoms with van der Waals surface area (Å²) in [6, 6.07) is 10.2. The number of nitrogens with one attached hydrogen (secondary N) is 1. The van der Waals surface area contributed by atoms with Crippen LogP contribution in [0.15, 0.2) is 36.5 Å². The zero-order valence-electron chi connectivity index (χ0n) is 11.9. The number of carbonyl (C=O) groups excluding carboxylic acids is 1. The SMILES string of the molecule is CCc1cccc(-c2cnc(C(=O)OC)c(NC)c2)c1. The molecule has 4 nitrogen and oxygen atoms in total. The number of pyridine rings is 1. The van der Waals surface area contributed by atoms with Crippen molar-refractivity contribution in [3.63, 3.8) is 0 Å². The number of aromatic nitrogens is 1. The summed E-state index contributed by atoms with van der Waals surface area (Å²) in [7, 11) is 3.11. The first-order valence-corrected chi connectivity index (χ1v) is 6.55. The Morgan fingerprint density at radius 2 is 2.10 bits per heavy atom. The predicted molar refractivity (Wildman–Crippen MR) is 79.9 cm³/mol. The molecule has 104 valence electrons. The van der Waals surface area contributed by atoms with Crippen LogP contribution in [0.25, 0.3) is 11.1 Å². The molecular weight excluding hydrogens is 252 g/mol. The zero-order valence-corrected chi connectivity index (χ0v) is 11.9. The molecule has 1 heterocycles. The lowest BCUT2D eigenvalue weighted by Gasteiger charge is -2.10. The number of anilines is 1. The van der Waals surface area contributed by atoms with E-state index in [1.54, 1.807) is 13.2 Å². The second-order valence-electron chi connectivity index (χ2n) is 4.42. The molecule has 1 aromatic carbocycles. The maximum absolute atomic E-state index is 11.6. The Hall–Kier alpha value is -2.36. The highest BCUT2D eigenvalue weighted by atomic mass is 16.5. The highest BCUT2D eigenvalue weighted by molar-refractivity contribution is 5.94. The van der Waals surface area contributed by atoms with Gasteiger partial charge < -0.3 is 10.1 Å². The molecule has 0 fully saturated rings. The second kappa shape index (κ2) is 6.19. The van der Waals surface area contributed by atoms with E-state index >= 15 is 0 Å². The average molecular weight is 270 g/mol. The van der Waals surface area contributed by atoms with Gasteiger partial charge in [-0.25, -0.2) is 9.78 Å². The summed E-state index contributed by atoms with van der Waals surface area (Å²) >= 11 is 0. The first-order chi connectivity index (χ1) is 9.69. The van der Waals surface area contributed by atoms with E-state index in [0.717, 1.165) is 17.5 Å². The van der Waals surface area contributed by atoms with Crippen molar-refractivity contribution in [3.05, 3.63) is 47.8 Å². The normalized spacial score (nSPS) is 10.2. The Bertz CT molecular complexity index is 624. The van der Waals surface area contributed by atoms with Crippen LogP contribution in [0.5, 0.6) is 0 Å². The van der Waals surface area contributed by atoms with E-state index < -0.39 is 5.97 Å². The number of nitrogens with zero attached hydrogens (tertiary/aromatic N) is 1. The minimum Gasteiger partial charge on any atom is -0.464 e. The topological polar surface area (TPSA) is 51.2 Å². The summed E-state index contributed by atoms with van der Waals surface area (Å²) < 4.78 is 4.72. The number of esters is 1. The van der Waals surface area contributed by atoms with Crippen LogP contribution in [-0.4, -0.2) is 25.1 Å². The number of rotatable bonds is 4. The molecule has 0 aliphatic heterocycles. The monoisotopic (exact) mass is 270 g/mol. The standard InChI is InChI=1S/C16H18N2O2/c1-4-11-6-5-7-12(8-11)13-9-14(17-2)15(18-10-13)16(19)20-3/h5-10,17H,4H2,1-3H3. The molecule has 0 radical (unpaired) electrons. The fourth-order valence-corrected chi connectivity index (χ4v) is 2.04. The maximum Gasteiger partial charge on any atom is 0.358 e. The number of hydrogen-bond donors (Lipinski definition) is 1. The van der Waals surface area contributed by atoms with Crippen LogP contribution < -0.4 is 5.32 Å². The summed E-state index contributed by atoms with van der Waals surface area (Å²) in [5.74, 6) is -0.441. The quantitative estimate of drug-likeness (QED) is 0.867. The molecule has 0 unspecified atom stereocenters. The molecule has 0 saturated carbocycles. The summed E-state index contributed by atoms with van der Waals surface area (Å²) in [6.45, 7) is 2.12. The van der Waals surface area contributed by atoms with Crippen LogP contribution in [0.3, 0.4) is 0 Å². The molecule has 2 rings (SSSR count). The van der Waals surface area contributed by atoms with Crippen molar-refractivity contribution in [1.82, 2.24) is 4.98 Å². The number of benzene rings is 1. The van der Waals surface area contributed by atoms with E-state index in [4.69, 9.17) is 4.74 Å². The van der Waals surface area contributed by atoms with Crippen molar-refractivity contribution >= 4 is 11.7 Å². The van der Waals surface area contributed by atoms with E-state index in [0.29, 0.717) is 11.4 Å². The van der Waals surface area contributed by atoms with Crippen molar-refractivity contribution in [3.8, 4) is 11.1 Å². The minimum atomic E-state index is -0.441. The van der Waals surface area contributed by atoms with E-state index in [1.807, 2.05) is 18.2 Å². The molecule has 0 amide bonds. The Morgan fingerprint density at radius 1 is 1.30 bits per heavy atom. The summed E-state index contributed by atoms with van der Waals surface area (Å²) in [6.07, 6.45) is 2.68. The zero-order chi connectivity index (χ0) is 14.5. The lowest BCUT2D eigenvalue weighted by molar-refractivity contribution is 0.0595. The van der Waals surface area contributed by atoms with Gasteiger partial charge in [-0.15, -0.1) is 0 Å². The van der Waals surface area contributed by atoms with E-state index in [9.17, 15) is 4.79 Å². The third-order valence-electron chi connectivity index (χ3n) is 3.20. The largest absolute Gasteiger partial charge is 0.464 e. The van der Waals surface area contributed by atoms with Gasteiger partial charge in [-0.2, -0.15) is 0 Å². The molecule has 4 heteroatoms. The first-order valence-electron chi connectivity index (χ1n) is 6.55. The fraction of sp³-hybridized carbons (Fsp3) is 0.250. The third-order valence-corrected chi connectivity index (χ3v) is 3.20. The van der Waals surface area contributed by atoms with E-state index in [2.05, 4.69) is 29.4 Å². The van der Waals surface area contributed by atoms with Crippen molar-refractivity contribution in [2.45, 2.75) is 13.3 Å². The molecule has 0 aliphatic carbocycles. The smallest absolute Gasteiger partial charge is 0.358 e. The highest BCUT2D eigenvalue weighted by Crippen LogP contribution is 2.25. The molecule has 0 saturated heterocycles. The van der Waals surface area contributed by atoms with Gasteiger partial charge in [-0.1, -0.05) is 31.2 Å². The van der Waals surface area contributed by atoms with E-state index in [1.165, 1.54) is 12.7 Å². The predicted octanol–water partition coefficient (Wildman–Crippen LogP) is 3.14. The molecule has 20 heavy (non-hydrogen) atoms. The molecule has 0 atom stereocenters. The second-order valence-corrected chi connectivity index (χ2v) is 4.42. The Morgan fingerprint density at radius 3 is 2.75 bits per heavy atom. The summed E-state index contributed by atoms with van der Waals surface area (Å²) in [5, 5.41) is 2.99. The van der Waals surface area contributed by atoms with Gasteiger partial charge in [0.1, 0.15) is 0 Å². The highest BCUT2D eigenvalue weighted by Gasteiger charge is 2.14. The lowest BCUT2D eigenvalue weighted by Crippen LogP contribution is -2.08. The Kier molecular flexibility index (Phi) is 4.35.